The van der Waals surface area contributed by atoms with Crippen molar-refractivity contribution in [2.45, 2.75) is 62.9 Å². The molecule has 0 fully saturated rings. The molecular formula is C16H26OS. The Morgan fingerprint density at radius 1 is 1.00 bits per heavy atom. The Bertz CT molecular complexity index is 286. The Morgan fingerprint density at radius 3 is 2.44 bits per heavy atom. The topological polar surface area (TPSA) is 20.2 Å². The van der Waals surface area contributed by atoms with Gasteiger partial charge in [0, 0.05) is 10.6 Å². The summed E-state index contributed by atoms with van der Waals surface area (Å²) in [7, 11) is 0. The predicted molar refractivity (Wildman–Crippen MR) is 81.2 cm³/mol. The lowest BCUT2D eigenvalue weighted by Gasteiger charge is -2.10. The Kier molecular flexibility index (Phi) is 9.05. The van der Waals surface area contributed by atoms with Crippen molar-refractivity contribution in [1.29, 1.82) is 0 Å². The summed E-state index contributed by atoms with van der Waals surface area (Å²) < 4.78 is 0. The van der Waals surface area contributed by atoms with Crippen molar-refractivity contribution in [1.82, 2.24) is 0 Å². The average Bonchev–Trinajstić information content (AvgIpc) is 2.40. The van der Waals surface area contributed by atoms with Crippen molar-refractivity contribution in [3.8, 4) is 0 Å². The molecule has 18 heavy (non-hydrogen) atoms. The highest BCUT2D eigenvalue weighted by atomic mass is 32.2. The van der Waals surface area contributed by atoms with Crippen molar-refractivity contribution >= 4 is 11.8 Å². The minimum absolute atomic E-state index is 0.108. The van der Waals surface area contributed by atoms with Crippen LogP contribution < -0.4 is 0 Å². The molecule has 0 aliphatic rings. The van der Waals surface area contributed by atoms with Crippen molar-refractivity contribution in [3.63, 3.8) is 0 Å². The zero-order chi connectivity index (χ0) is 13.1. The summed E-state index contributed by atoms with van der Waals surface area (Å²) in [4.78, 5) is 1.30. The Balaban J connectivity index is 1.98. The van der Waals surface area contributed by atoms with Gasteiger partial charge >= 0.3 is 0 Å². The SMILES string of the molecule is CCCCCCC[C@@H](O)CCSc1ccccc1. The number of hydrogen-bond acceptors (Lipinski definition) is 2. The smallest absolute Gasteiger partial charge is 0.0548 e. The first kappa shape index (κ1) is 15.6. The van der Waals surface area contributed by atoms with Crippen LogP contribution in [0.4, 0.5) is 0 Å². The monoisotopic (exact) mass is 266 g/mol. The first-order chi connectivity index (χ1) is 8.83. The highest BCUT2D eigenvalue weighted by molar-refractivity contribution is 7.99. The van der Waals surface area contributed by atoms with Crippen LogP contribution in [0.1, 0.15) is 51.9 Å². The van der Waals surface area contributed by atoms with E-state index in [0.717, 1.165) is 18.6 Å². The van der Waals surface area contributed by atoms with Gasteiger partial charge in [0.2, 0.25) is 0 Å². The minimum atomic E-state index is -0.108. The van der Waals surface area contributed by atoms with Crippen LogP contribution in [0.15, 0.2) is 35.2 Å². The van der Waals surface area contributed by atoms with E-state index in [1.807, 2.05) is 17.8 Å². The van der Waals surface area contributed by atoms with Crippen LogP contribution in [0.25, 0.3) is 0 Å². The fourth-order valence-corrected chi connectivity index (χ4v) is 2.93. The number of aliphatic hydroxyl groups is 1. The predicted octanol–water partition coefficient (Wildman–Crippen LogP) is 4.89. The Labute approximate surface area is 116 Å². The van der Waals surface area contributed by atoms with Crippen molar-refractivity contribution in [2.75, 3.05) is 5.75 Å². The molecule has 0 radical (unpaired) electrons. The van der Waals surface area contributed by atoms with Gasteiger partial charge in [0.15, 0.2) is 0 Å². The summed E-state index contributed by atoms with van der Waals surface area (Å²) in [6.45, 7) is 2.23. The first-order valence-corrected chi connectivity index (χ1v) is 8.17. The molecule has 0 unspecified atom stereocenters. The molecule has 1 nitrogen and oxygen atoms in total. The fourth-order valence-electron chi connectivity index (χ4n) is 1.96. The summed E-state index contributed by atoms with van der Waals surface area (Å²) in [5.41, 5.74) is 0. The lowest BCUT2D eigenvalue weighted by atomic mass is 10.1. The van der Waals surface area contributed by atoms with Gasteiger partial charge in [-0.25, -0.2) is 0 Å². The zero-order valence-electron chi connectivity index (χ0n) is 11.5. The molecule has 0 aliphatic heterocycles. The van der Waals surface area contributed by atoms with Crippen LogP contribution in [0, 0.1) is 0 Å². The molecule has 0 spiro atoms. The molecule has 1 aromatic rings. The lowest BCUT2D eigenvalue weighted by molar-refractivity contribution is 0.157. The van der Waals surface area contributed by atoms with E-state index < -0.39 is 0 Å². The number of rotatable bonds is 10. The molecule has 1 atom stereocenters. The van der Waals surface area contributed by atoms with Crippen LogP contribution in [-0.2, 0) is 0 Å². The molecule has 1 rings (SSSR count). The molecule has 1 aromatic carbocycles. The van der Waals surface area contributed by atoms with E-state index in [4.69, 9.17) is 0 Å². The van der Waals surface area contributed by atoms with Gasteiger partial charge in [-0.3, -0.25) is 0 Å². The van der Waals surface area contributed by atoms with E-state index in [1.54, 1.807) is 0 Å². The third-order valence-corrected chi connectivity index (χ3v) is 4.15. The maximum absolute atomic E-state index is 9.87. The molecule has 102 valence electrons. The molecular weight excluding hydrogens is 240 g/mol. The van der Waals surface area contributed by atoms with Crippen molar-refractivity contribution in [3.05, 3.63) is 30.3 Å². The number of thioether (sulfide) groups is 1. The Hall–Kier alpha value is -0.470. The number of aliphatic hydroxyl groups excluding tert-OH is 1. The summed E-state index contributed by atoms with van der Waals surface area (Å²) in [5, 5.41) is 9.87. The van der Waals surface area contributed by atoms with Gasteiger partial charge < -0.3 is 5.11 Å². The van der Waals surface area contributed by atoms with E-state index in [9.17, 15) is 5.11 Å². The Morgan fingerprint density at radius 2 is 1.72 bits per heavy atom. The number of benzene rings is 1. The third-order valence-electron chi connectivity index (χ3n) is 3.10. The molecule has 1 N–H and O–H groups in total. The normalized spacial score (nSPS) is 12.6. The van der Waals surface area contributed by atoms with Gasteiger partial charge in [-0.1, -0.05) is 57.2 Å². The molecule has 0 saturated carbocycles. The van der Waals surface area contributed by atoms with Gasteiger partial charge in [0.25, 0.3) is 0 Å². The van der Waals surface area contributed by atoms with Gasteiger partial charge in [-0.15, -0.1) is 11.8 Å². The molecule has 2 heteroatoms. The summed E-state index contributed by atoms with van der Waals surface area (Å²) in [5.74, 6) is 1.01. The zero-order valence-corrected chi connectivity index (χ0v) is 12.3. The molecule has 0 amide bonds. The first-order valence-electron chi connectivity index (χ1n) is 7.19. The van der Waals surface area contributed by atoms with E-state index in [-0.39, 0.29) is 6.10 Å². The van der Waals surface area contributed by atoms with Crippen LogP contribution in [-0.4, -0.2) is 17.0 Å². The highest BCUT2D eigenvalue weighted by Crippen LogP contribution is 2.19. The summed E-state index contributed by atoms with van der Waals surface area (Å²) in [6, 6.07) is 10.4. The molecule has 0 bridgehead atoms. The van der Waals surface area contributed by atoms with E-state index in [2.05, 4.69) is 31.2 Å². The van der Waals surface area contributed by atoms with Crippen LogP contribution in [0.2, 0.25) is 0 Å². The van der Waals surface area contributed by atoms with Crippen molar-refractivity contribution < 1.29 is 5.11 Å². The van der Waals surface area contributed by atoms with E-state index >= 15 is 0 Å². The molecule has 0 heterocycles. The van der Waals surface area contributed by atoms with Crippen molar-refractivity contribution in [2.24, 2.45) is 0 Å². The largest absolute Gasteiger partial charge is 0.393 e. The van der Waals surface area contributed by atoms with Crippen LogP contribution in [0.5, 0.6) is 0 Å². The van der Waals surface area contributed by atoms with E-state index in [0.29, 0.717) is 0 Å². The lowest BCUT2D eigenvalue weighted by Crippen LogP contribution is -2.07. The maximum atomic E-state index is 9.87. The standard InChI is InChI=1S/C16H26OS/c1-2-3-4-5-7-10-15(17)13-14-18-16-11-8-6-9-12-16/h6,8-9,11-12,15,17H,2-5,7,10,13-14H2,1H3/t15-/m1/s1. The summed E-state index contributed by atoms with van der Waals surface area (Å²) in [6.07, 6.45) is 8.17. The van der Waals surface area contributed by atoms with Gasteiger partial charge in [-0.05, 0) is 25.0 Å². The average molecular weight is 266 g/mol. The van der Waals surface area contributed by atoms with Gasteiger partial charge in [0.1, 0.15) is 0 Å². The minimum Gasteiger partial charge on any atom is -0.393 e. The number of hydrogen-bond donors (Lipinski definition) is 1. The van der Waals surface area contributed by atoms with Crippen LogP contribution in [0.3, 0.4) is 0 Å². The highest BCUT2D eigenvalue weighted by Gasteiger charge is 2.04. The van der Waals surface area contributed by atoms with E-state index in [1.165, 1.54) is 37.0 Å². The molecule has 0 aromatic heterocycles. The second kappa shape index (κ2) is 10.5. The fraction of sp³-hybridized carbons (Fsp3) is 0.625. The second-order valence-electron chi connectivity index (χ2n) is 4.81. The molecule has 0 saturated heterocycles. The van der Waals surface area contributed by atoms with Gasteiger partial charge in [0.05, 0.1) is 6.10 Å². The summed E-state index contributed by atoms with van der Waals surface area (Å²) >= 11 is 1.84. The maximum Gasteiger partial charge on any atom is 0.0548 e. The second-order valence-corrected chi connectivity index (χ2v) is 5.98. The van der Waals surface area contributed by atoms with Crippen LogP contribution >= 0.6 is 11.8 Å². The third kappa shape index (κ3) is 7.78. The van der Waals surface area contributed by atoms with Gasteiger partial charge in [-0.2, -0.15) is 0 Å². The molecule has 0 aliphatic carbocycles. The number of unbranched alkanes of at least 4 members (excludes halogenated alkanes) is 4. The quantitative estimate of drug-likeness (QED) is 0.480.